The smallest absolute Gasteiger partial charge is 0.242 e. The minimum atomic E-state index is -0.615. The monoisotopic (exact) mass is 498 g/mol. The first-order valence-corrected chi connectivity index (χ1v) is 11.0. The van der Waals surface area contributed by atoms with Crippen LogP contribution in [0.5, 0.6) is 0 Å². The maximum atomic E-state index is 13.2. The molecular weight excluding hydrogens is 475 g/mol. The second-order valence-electron chi connectivity index (χ2n) is 7.38. The molecule has 2 rings (SSSR count). The number of nitrogens with one attached hydrogen (secondary N) is 1. The average Bonchev–Trinajstić information content (AvgIpc) is 2.67. The Balaban J connectivity index is 2.23. The first-order valence-electron chi connectivity index (χ1n) is 9.43. The molecule has 2 amide bonds. The van der Waals surface area contributed by atoms with E-state index in [1.165, 1.54) is 0 Å². The molecule has 1 N–H and O–H groups in total. The molecule has 0 spiro atoms. The van der Waals surface area contributed by atoms with Crippen molar-refractivity contribution in [3.05, 3.63) is 68.1 Å². The Hall–Kier alpha value is -1.56. The van der Waals surface area contributed by atoms with E-state index in [0.717, 1.165) is 10.0 Å². The summed E-state index contributed by atoms with van der Waals surface area (Å²) in [4.78, 5) is 27.4. The topological polar surface area (TPSA) is 49.4 Å². The highest BCUT2D eigenvalue weighted by molar-refractivity contribution is 9.10. The molecule has 2 aromatic rings. The summed E-state index contributed by atoms with van der Waals surface area (Å²) >= 11 is 15.6. The van der Waals surface area contributed by atoms with Crippen LogP contribution in [-0.4, -0.2) is 29.3 Å². The molecule has 0 saturated heterocycles. The van der Waals surface area contributed by atoms with Gasteiger partial charge in [0.15, 0.2) is 0 Å². The number of benzene rings is 2. The Labute approximate surface area is 190 Å². The van der Waals surface area contributed by atoms with Crippen molar-refractivity contribution in [2.75, 3.05) is 6.54 Å². The van der Waals surface area contributed by atoms with Crippen LogP contribution in [0.2, 0.25) is 10.0 Å². The molecule has 0 saturated carbocycles. The summed E-state index contributed by atoms with van der Waals surface area (Å²) in [5.41, 5.74) is 1.61. The lowest BCUT2D eigenvalue weighted by Crippen LogP contribution is -2.48. The van der Waals surface area contributed by atoms with Crippen molar-refractivity contribution in [2.45, 2.75) is 39.8 Å². The Kier molecular flexibility index (Phi) is 9.00. The summed E-state index contributed by atoms with van der Waals surface area (Å²) in [7, 11) is 0. The molecule has 0 aliphatic carbocycles. The summed E-state index contributed by atoms with van der Waals surface area (Å²) in [6, 6.07) is 12.1. The molecule has 4 nitrogen and oxygen atoms in total. The molecule has 1 atom stereocenters. The lowest BCUT2D eigenvalue weighted by Gasteiger charge is -2.29. The standard InChI is InChI=1S/C22H25BrCl2N2O2/c1-14(2)12-26-22(29)15(3)27(13-16-4-7-18(23)8-5-16)21(28)10-17-6-9-19(24)11-20(17)25/h4-9,11,14-15H,10,12-13H2,1-3H3,(H,26,29)/t15-/m1/s1. The third-order valence-corrected chi connectivity index (χ3v) is 5.59. The Bertz CT molecular complexity index is 856. The van der Waals surface area contributed by atoms with Gasteiger partial charge in [0.1, 0.15) is 6.04 Å². The molecule has 0 aliphatic rings. The molecule has 2 aromatic carbocycles. The van der Waals surface area contributed by atoms with E-state index in [4.69, 9.17) is 23.2 Å². The van der Waals surface area contributed by atoms with Gasteiger partial charge < -0.3 is 10.2 Å². The second kappa shape index (κ2) is 11.0. The Morgan fingerprint density at radius 1 is 1.07 bits per heavy atom. The zero-order chi connectivity index (χ0) is 21.6. The van der Waals surface area contributed by atoms with E-state index in [-0.39, 0.29) is 18.2 Å². The van der Waals surface area contributed by atoms with Crippen LogP contribution in [0.4, 0.5) is 0 Å². The van der Waals surface area contributed by atoms with Gasteiger partial charge in [0.2, 0.25) is 11.8 Å². The number of hydrogen-bond acceptors (Lipinski definition) is 2. The van der Waals surface area contributed by atoms with E-state index in [9.17, 15) is 9.59 Å². The van der Waals surface area contributed by atoms with Crippen molar-refractivity contribution in [3.8, 4) is 0 Å². The predicted octanol–water partition coefficient (Wildman–Crippen LogP) is 5.49. The lowest BCUT2D eigenvalue weighted by molar-refractivity contribution is -0.140. The predicted molar refractivity (Wildman–Crippen MR) is 122 cm³/mol. The van der Waals surface area contributed by atoms with E-state index < -0.39 is 6.04 Å². The molecule has 156 valence electrons. The van der Waals surface area contributed by atoms with Gasteiger partial charge in [-0.2, -0.15) is 0 Å². The van der Waals surface area contributed by atoms with Crippen LogP contribution in [0.25, 0.3) is 0 Å². The van der Waals surface area contributed by atoms with Gasteiger partial charge in [-0.1, -0.05) is 71.2 Å². The quantitative estimate of drug-likeness (QED) is 0.522. The molecule has 0 radical (unpaired) electrons. The molecule has 0 aliphatic heterocycles. The number of amides is 2. The summed E-state index contributed by atoms with van der Waals surface area (Å²) in [5.74, 6) is -0.0228. The maximum absolute atomic E-state index is 13.2. The first-order chi connectivity index (χ1) is 13.7. The summed E-state index contributed by atoms with van der Waals surface area (Å²) < 4.78 is 0.954. The van der Waals surface area contributed by atoms with Crippen molar-refractivity contribution in [3.63, 3.8) is 0 Å². The van der Waals surface area contributed by atoms with Crippen LogP contribution in [-0.2, 0) is 22.6 Å². The normalized spacial score (nSPS) is 12.0. The first kappa shape index (κ1) is 23.7. The molecule has 0 bridgehead atoms. The fourth-order valence-corrected chi connectivity index (χ4v) is 3.49. The lowest BCUT2D eigenvalue weighted by atomic mass is 10.1. The average molecular weight is 500 g/mol. The summed E-state index contributed by atoms with van der Waals surface area (Å²) in [5, 5.41) is 3.86. The number of carbonyl (C=O) groups excluding carboxylic acids is 2. The molecular formula is C22H25BrCl2N2O2. The number of halogens is 3. The van der Waals surface area contributed by atoms with Gasteiger partial charge >= 0.3 is 0 Å². The van der Waals surface area contributed by atoms with Crippen molar-refractivity contribution in [1.29, 1.82) is 0 Å². The van der Waals surface area contributed by atoms with E-state index in [0.29, 0.717) is 34.6 Å². The highest BCUT2D eigenvalue weighted by Crippen LogP contribution is 2.23. The van der Waals surface area contributed by atoms with Crippen molar-refractivity contribution in [1.82, 2.24) is 10.2 Å². The zero-order valence-corrected chi connectivity index (χ0v) is 19.8. The van der Waals surface area contributed by atoms with Crippen LogP contribution in [0.15, 0.2) is 46.9 Å². The second-order valence-corrected chi connectivity index (χ2v) is 9.13. The summed E-state index contributed by atoms with van der Waals surface area (Å²) in [6.07, 6.45) is 0.0916. The van der Waals surface area contributed by atoms with E-state index >= 15 is 0 Å². The molecule has 0 aromatic heterocycles. The van der Waals surface area contributed by atoms with Gasteiger partial charge in [0, 0.05) is 27.6 Å². The van der Waals surface area contributed by atoms with Gasteiger partial charge in [-0.05, 0) is 48.2 Å². The molecule has 0 unspecified atom stereocenters. The van der Waals surface area contributed by atoms with Gasteiger partial charge in [0.05, 0.1) is 6.42 Å². The minimum Gasteiger partial charge on any atom is -0.354 e. The SMILES string of the molecule is CC(C)CNC(=O)[C@@H](C)N(Cc1ccc(Br)cc1)C(=O)Cc1ccc(Cl)cc1Cl. The number of rotatable bonds is 8. The van der Waals surface area contributed by atoms with E-state index in [2.05, 4.69) is 21.2 Å². The van der Waals surface area contributed by atoms with Crippen LogP contribution in [0, 0.1) is 5.92 Å². The fraction of sp³-hybridized carbons (Fsp3) is 0.364. The zero-order valence-electron chi connectivity index (χ0n) is 16.7. The number of hydrogen-bond donors (Lipinski definition) is 1. The van der Waals surface area contributed by atoms with Crippen LogP contribution >= 0.6 is 39.1 Å². The highest BCUT2D eigenvalue weighted by atomic mass is 79.9. The van der Waals surface area contributed by atoms with Crippen LogP contribution < -0.4 is 5.32 Å². The minimum absolute atomic E-state index is 0.0916. The largest absolute Gasteiger partial charge is 0.354 e. The van der Waals surface area contributed by atoms with Crippen molar-refractivity contribution >= 4 is 50.9 Å². The van der Waals surface area contributed by atoms with Gasteiger partial charge in [-0.25, -0.2) is 0 Å². The number of carbonyl (C=O) groups is 2. The molecule has 29 heavy (non-hydrogen) atoms. The van der Waals surface area contributed by atoms with Gasteiger partial charge in [-0.3, -0.25) is 9.59 Å². The van der Waals surface area contributed by atoms with Crippen molar-refractivity contribution < 1.29 is 9.59 Å². The fourth-order valence-electron chi connectivity index (χ4n) is 2.75. The summed E-state index contributed by atoms with van der Waals surface area (Å²) in [6.45, 7) is 6.69. The van der Waals surface area contributed by atoms with E-state index in [1.807, 2.05) is 38.1 Å². The molecule has 7 heteroatoms. The molecule has 0 heterocycles. The van der Waals surface area contributed by atoms with Gasteiger partial charge in [0.25, 0.3) is 0 Å². The number of nitrogens with zero attached hydrogens (tertiary/aromatic N) is 1. The third-order valence-electron chi connectivity index (χ3n) is 4.47. The Morgan fingerprint density at radius 3 is 2.31 bits per heavy atom. The Morgan fingerprint density at radius 2 is 1.72 bits per heavy atom. The maximum Gasteiger partial charge on any atom is 0.242 e. The highest BCUT2D eigenvalue weighted by Gasteiger charge is 2.26. The third kappa shape index (κ3) is 7.32. The van der Waals surface area contributed by atoms with Gasteiger partial charge in [-0.15, -0.1) is 0 Å². The van der Waals surface area contributed by atoms with Crippen LogP contribution in [0.1, 0.15) is 31.9 Å². The molecule has 0 fully saturated rings. The van der Waals surface area contributed by atoms with Crippen molar-refractivity contribution in [2.24, 2.45) is 5.92 Å². The van der Waals surface area contributed by atoms with Crippen LogP contribution in [0.3, 0.4) is 0 Å². The van der Waals surface area contributed by atoms with E-state index in [1.54, 1.807) is 30.0 Å².